The monoisotopic (exact) mass is 488 g/mol. The molecule has 1 fully saturated rings. The lowest BCUT2D eigenvalue weighted by atomic mass is 9.76. The number of nitrogens with zero attached hydrogens (tertiary/aromatic N) is 5. The van der Waals surface area contributed by atoms with E-state index in [1.807, 2.05) is 13.1 Å². The number of carbonyl (C=O) groups excluding carboxylic acids is 1. The van der Waals surface area contributed by atoms with Crippen LogP contribution >= 0.6 is 0 Å². The van der Waals surface area contributed by atoms with Crippen molar-refractivity contribution in [1.82, 2.24) is 14.9 Å². The average Bonchev–Trinajstić information content (AvgIpc) is 3.25. The zero-order valence-corrected chi connectivity index (χ0v) is 20.3. The van der Waals surface area contributed by atoms with E-state index in [0.717, 1.165) is 12.1 Å². The summed E-state index contributed by atoms with van der Waals surface area (Å²) < 4.78 is 28.6. The van der Waals surface area contributed by atoms with Gasteiger partial charge in [-0.15, -0.1) is 0 Å². The smallest absolute Gasteiger partial charge is 0.240 e. The highest BCUT2D eigenvalue weighted by Gasteiger charge is 2.53. The van der Waals surface area contributed by atoms with Crippen molar-refractivity contribution in [3.63, 3.8) is 0 Å². The Morgan fingerprint density at radius 2 is 1.92 bits per heavy atom. The molecular formula is C27H26F2N6O. The van der Waals surface area contributed by atoms with Gasteiger partial charge in [-0.2, -0.15) is 5.26 Å². The van der Waals surface area contributed by atoms with Crippen molar-refractivity contribution in [2.45, 2.75) is 38.3 Å². The van der Waals surface area contributed by atoms with Gasteiger partial charge in [-0.1, -0.05) is 12.1 Å². The standard InChI is InChI=1S/C27H26F2N6O/c1-16(21-6-4-5-18(13-30)23(21)29)31-25-22-14-35(20-9-7-19(28)8-10-20)26(36)27(11-12-34(3)15-27)24(22)32-17(2)33-25/h4-10,16H,11-12,14-15H2,1-3H3,(H,31,32,33)/t16-,27?/m1/s1. The van der Waals surface area contributed by atoms with Crippen molar-refractivity contribution in [3.05, 3.63) is 82.3 Å². The van der Waals surface area contributed by atoms with Crippen LogP contribution in [0.1, 0.15) is 47.6 Å². The van der Waals surface area contributed by atoms with Gasteiger partial charge in [0.2, 0.25) is 5.91 Å². The summed E-state index contributed by atoms with van der Waals surface area (Å²) >= 11 is 0. The highest BCUT2D eigenvalue weighted by atomic mass is 19.1. The van der Waals surface area contributed by atoms with Gasteiger partial charge in [-0.3, -0.25) is 4.79 Å². The van der Waals surface area contributed by atoms with Crippen molar-refractivity contribution in [2.24, 2.45) is 0 Å². The van der Waals surface area contributed by atoms with Gasteiger partial charge in [0.25, 0.3) is 0 Å². The van der Waals surface area contributed by atoms with E-state index in [1.165, 1.54) is 18.2 Å². The number of nitrogens with one attached hydrogen (secondary N) is 1. The second kappa shape index (κ2) is 8.95. The Bertz CT molecular complexity index is 1390. The zero-order valence-electron chi connectivity index (χ0n) is 20.3. The third-order valence-corrected chi connectivity index (χ3v) is 7.11. The van der Waals surface area contributed by atoms with E-state index in [9.17, 15) is 18.8 Å². The lowest BCUT2D eigenvalue weighted by Gasteiger charge is -2.40. The summed E-state index contributed by atoms with van der Waals surface area (Å²) in [7, 11) is 1.97. The van der Waals surface area contributed by atoms with Gasteiger partial charge in [-0.25, -0.2) is 18.7 Å². The lowest BCUT2D eigenvalue weighted by molar-refractivity contribution is -0.124. The molecule has 2 aliphatic heterocycles. The van der Waals surface area contributed by atoms with Crippen LogP contribution in [0.5, 0.6) is 0 Å². The summed E-state index contributed by atoms with van der Waals surface area (Å²) in [4.78, 5) is 27.1. The average molecular weight is 489 g/mol. The Balaban J connectivity index is 1.62. The number of likely N-dealkylation sites (N-methyl/N-ethyl adjacent to an activating group) is 1. The molecule has 1 saturated heterocycles. The van der Waals surface area contributed by atoms with Crippen LogP contribution in [0, 0.1) is 29.9 Å². The molecular weight excluding hydrogens is 462 g/mol. The van der Waals surface area contributed by atoms with Crippen LogP contribution in [0.4, 0.5) is 20.3 Å². The molecule has 1 spiro atoms. The third kappa shape index (κ3) is 3.88. The number of benzene rings is 2. The summed E-state index contributed by atoms with van der Waals surface area (Å²) in [6.45, 7) is 5.00. The van der Waals surface area contributed by atoms with E-state index < -0.39 is 17.3 Å². The normalized spacial score (nSPS) is 20.3. The lowest BCUT2D eigenvalue weighted by Crippen LogP contribution is -2.53. The minimum atomic E-state index is -0.865. The predicted octanol–water partition coefficient (Wildman–Crippen LogP) is 4.23. The van der Waals surface area contributed by atoms with Crippen molar-refractivity contribution >= 4 is 17.4 Å². The van der Waals surface area contributed by atoms with Crippen molar-refractivity contribution in [1.29, 1.82) is 5.26 Å². The summed E-state index contributed by atoms with van der Waals surface area (Å²) in [6.07, 6.45) is 0.595. The molecule has 1 amide bonds. The quantitative estimate of drug-likeness (QED) is 0.592. The Hall–Kier alpha value is -3.90. The Kier molecular flexibility index (Phi) is 5.92. The molecule has 3 aromatic rings. The number of rotatable bonds is 4. The van der Waals surface area contributed by atoms with Crippen molar-refractivity contribution in [3.8, 4) is 6.07 Å². The fourth-order valence-corrected chi connectivity index (χ4v) is 5.30. The van der Waals surface area contributed by atoms with Crippen LogP contribution in [-0.4, -0.2) is 40.9 Å². The van der Waals surface area contributed by atoms with Gasteiger partial charge in [-0.05, 0) is 64.2 Å². The van der Waals surface area contributed by atoms with E-state index in [1.54, 1.807) is 43.0 Å². The largest absolute Gasteiger partial charge is 0.363 e. The number of halogens is 2. The van der Waals surface area contributed by atoms with E-state index in [0.29, 0.717) is 41.6 Å². The molecule has 7 nitrogen and oxygen atoms in total. The van der Waals surface area contributed by atoms with E-state index in [-0.39, 0.29) is 23.8 Å². The van der Waals surface area contributed by atoms with Crippen molar-refractivity contribution in [2.75, 3.05) is 30.4 Å². The molecule has 1 N–H and O–H groups in total. The SMILES string of the molecule is Cc1nc(N[C@H](C)c2cccc(C#N)c2F)c2c(n1)C1(CCN(C)C1)C(=O)N(c1ccc(F)cc1)C2. The number of hydrogen-bond acceptors (Lipinski definition) is 6. The number of aromatic nitrogens is 2. The number of hydrogen-bond donors (Lipinski definition) is 1. The molecule has 0 saturated carbocycles. The first-order valence-electron chi connectivity index (χ1n) is 11.8. The van der Waals surface area contributed by atoms with E-state index in [2.05, 4.69) is 15.2 Å². The van der Waals surface area contributed by atoms with Crippen LogP contribution in [0.2, 0.25) is 0 Å². The highest BCUT2D eigenvalue weighted by Crippen LogP contribution is 2.44. The minimum absolute atomic E-state index is 0.0249. The van der Waals surface area contributed by atoms with Gasteiger partial charge in [0.1, 0.15) is 34.8 Å². The first-order valence-corrected chi connectivity index (χ1v) is 11.8. The van der Waals surface area contributed by atoms with Crippen LogP contribution in [0.25, 0.3) is 0 Å². The number of aryl methyl sites for hydroxylation is 1. The molecule has 5 rings (SSSR count). The molecule has 1 unspecified atom stereocenters. The summed E-state index contributed by atoms with van der Waals surface area (Å²) in [5, 5.41) is 12.6. The Labute approximate surface area is 208 Å². The number of nitriles is 1. The molecule has 3 heterocycles. The van der Waals surface area contributed by atoms with Gasteiger partial charge in [0, 0.05) is 23.4 Å². The fourth-order valence-electron chi connectivity index (χ4n) is 5.30. The summed E-state index contributed by atoms with van der Waals surface area (Å²) in [6, 6.07) is 12.0. The molecule has 36 heavy (non-hydrogen) atoms. The number of carbonyl (C=O) groups is 1. The summed E-state index contributed by atoms with van der Waals surface area (Å²) in [5.41, 5.74) is 1.48. The molecule has 0 radical (unpaired) electrons. The van der Waals surface area contributed by atoms with Crippen LogP contribution in [-0.2, 0) is 16.8 Å². The molecule has 0 bridgehead atoms. The molecule has 2 atom stereocenters. The molecule has 184 valence electrons. The first-order chi connectivity index (χ1) is 17.2. The molecule has 0 aliphatic carbocycles. The van der Waals surface area contributed by atoms with Gasteiger partial charge in [0.15, 0.2) is 0 Å². The van der Waals surface area contributed by atoms with Crippen LogP contribution < -0.4 is 10.2 Å². The molecule has 2 aliphatic rings. The molecule has 2 aromatic carbocycles. The number of anilines is 2. The maximum atomic E-state index is 14.9. The number of likely N-dealkylation sites (tertiary alicyclic amines) is 1. The van der Waals surface area contributed by atoms with E-state index in [4.69, 9.17) is 4.98 Å². The maximum Gasteiger partial charge on any atom is 0.240 e. The fraction of sp³-hybridized carbons (Fsp3) is 0.333. The molecule has 9 heteroatoms. The summed E-state index contributed by atoms with van der Waals surface area (Å²) in [5.74, 6) is -0.00452. The number of amides is 1. The Morgan fingerprint density at radius 1 is 1.17 bits per heavy atom. The van der Waals surface area contributed by atoms with Gasteiger partial charge >= 0.3 is 0 Å². The zero-order chi connectivity index (χ0) is 25.6. The highest BCUT2D eigenvalue weighted by molar-refractivity contribution is 6.03. The predicted molar refractivity (Wildman–Crippen MR) is 131 cm³/mol. The topological polar surface area (TPSA) is 85.1 Å². The first kappa shape index (κ1) is 23.8. The Morgan fingerprint density at radius 3 is 2.58 bits per heavy atom. The second-order valence-corrected chi connectivity index (χ2v) is 9.57. The van der Waals surface area contributed by atoms with Gasteiger partial charge < -0.3 is 15.1 Å². The van der Waals surface area contributed by atoms with Crippen molar-refractivity contribution < 1.29 is 13.6 Å². The van der Waals surface area contributed by atoms with Crippen LogP contribution in [0.3, 0.4) is 0 Å². The number of fused-ring (bicyclic) bond motifs is 2. The van der Waals surface area contributed by atoms with Crippen LogP contribution in [0.15, 0.2) is 42.5 Å². The van der Waals surface area contributed by atoms with Gasteiger partial charge in [0.05, 0.1) is 23.8 Å². The second-order valence-electron chi connectivity index (χ2n) is 9.57. The third-order valence-electron chi connectivity index (χ3n) is 7.11. The maximum absolute atomic E-state index is 14.9. The minimum Gasteiger partial charge on any atom is -0.363 e. The van der Waals surface area contributed by atoms with E-state index >= 15 is 0 Å². The molecule has 1 aromatic heterocycles.